The third-order valence-corrected chi connectivity index (χ3v) is 9.49. The van der Waals surface area contributed by atoms with Crippen molar-refractivity contribution in [3.8, 4) is 0 Å². The zero-order valence-corrected chi connectivity index (χ0v) is 24.0. The minimum Gasteiger partial charge on any atom is -0.351 e. The number of nitrogens with zero attached hydrogens (tertiary/aromatic N) is 3. The molecule has 0 unspecified atom stereocenters. The number of amides is 2. The van der Waals surface area contributed by atoms with Crippen molar-refractivity contribution in [3.05, 3.63) is 77.7 Å². The largest absolute Gasteiger partial charge is 0.351 e. The SMILES string of the molecule is O=C(N[C@@H](CC1CCCCC1)C(=O)C[C@@H](Cc1ncc[nH]1)C(=O)N1CCC2(C=Cc3ccccc32)CC1)c1ccno1. The van der Waals surface area contributed by atoms with Crippen LogP contribution in [0, 0.1) is 11.8 Å². The zero-order chi connectivity index (χ0) is 28.9. The number of H-pyrrole nitrogens is 1. The van der Waals surface area contributed by atoms with E-state index in [0.717, 1.165) is 38.5 Å². The number of fused-ring (bicyclic) bond motifs is 2. The normalized spacial score (nSPS) is 19.4. The van der Waals surface area contributed by atoms with Crippen LogP contribution in [0.1, 0.15) is 85.3 Å². The number of hydrogen-bond acceptors (Lipinski definition) is 6. The molecule has 220 valence electrons. The van der Waals surface area contributed by atoms with Crippen molar-refractivity contribution in [1.82, 2.24) is 25.3 Å². The summed E-state index contributed by atoms with van der Waals surface area (Å²) in [6.45, 7) is 1.27. The maximum atomic E-state index is 14.0. The molecular weight excluding hydrogens is 530 g/mol. The van der Waals surface area contributed by atoms with Crippen molar-refractivity contribution in [1.29, 1.82) is 0 Å². The highest BCUT2D eigenvalue weighted by Gasteiger charge is 2.40. The lowest BCUT2D eigenvalue weighted by Crippen LogP contribution is -2.48. The molecule has 2 N–H and O–H groups in total. The lowest BCUT2D eigenvalue weighted by molar-refractivity contribution is -0.139. The predicted molar refractivity (Wildman–Crippen MR) is 157 cm³/mol. The van der Waals surface area contributed by atoms with Crippen LogP contribution in [-0.2, 0) is 21.4 Å². The van der Waals surface area contributed by atoms with Crippen molar-refractivity contribution in [2.75, 3.05) is 13.1 Å². The number of allylic oxidation sites excluding steroid dienone is 1. The maximum Gasteiger partial charge on any atom is 0.290 e. The molecule has 1 aromatic carbocycles. The smallest absolute Gasteiger partial charge is 0.290 e. The summed E-state index contributed by atoms with van der Waals surface area (Å²) < 4.78 is 5.05. The molecule has 2 aliphatic carbocycles. The fourth-order valence-electron chi connectivity index (χ4n) is 7.12. The number of Topliss-reactive ketones (excluding diaryl/α,β-unsaturated/α-hetero) is 1. The maximum absolute atomic E-state index is 14.0. The summed E-state index contributed by atoms with van der Waals surface area (Å²) in [6.07, 6.45) is 17.5. The first-order chi connectivity index (χ1) is 20.5. The van der Waals surface area contributed by atoms with Gasteiger partial charge >= 0.3 is 0 Å². The van der Waals surface area contributed by atoms with E-state index in [1.807, 2.05) is 4.90 Å². The number of likely N-dealkylation sites (tertiary alicyclic amines) is 1. The van der Waals surface area contributed by atoms with E-state index in [9.17, 15) is 14.4 Å². The Bertz CT molecular complexity index is 1400. The van der Waals surface area contributed by atoms with Crippen LogP contribution in [-0.4, -0.2) is 56.8 Å². The summed E-state index contributed by atoms with van der Waals surface area (Å²) in [5.41, 5.74) is 2.57. The van der Waals surface area contributed by atoms with Crippen molar-refractivity contribution in [3.63, 3.8) is 0 Å². The molecule has 2 fully saturated rings. The molecule has 3 aromatic rings. The highest BCUT2D eigenvalue weighted by molar-refractivity contribution is 5.97. The second kappa shape index (κ2) is 12.5. The molecule has 6 rings (SSSR count). The lowest BCUT2D eigenvalue weighted by atomic mass is 9.74. The van der Waals surface area contributed by atoms with E-state index in [1.54, 1.807) is 12.4 Å². The lowest BCUT2D eigenvalue weighted by Gasteiger charge is -2.40. The second-order valence-electron chi connectivity index (χ2n) is 12.2. The molecule has 42 heavy (non-hydrogen) atoms. The second-order valence-corrected chi connectivity index (χ2v) is 12.2. The zero-order valence-electron chi connectivity index (χ0n) is 24.0. The quantitative estimate of drug-likeness (QED) is 0.359. The molecule has 0 bridgehead atoms. The van der Waals surface area contributed by atoms with Gasteiger partial charge in [0, 0.05) is 49.8 Å². The number of benzene rings is 1. The number of hydrogen-bond donors (Lipinski definition) is 2. The fraction of sp³-hybridized carbons (Fsp3) is 0.485. The van der Waals surface area contributed by atoms with Gasteiger partial charge in [0.2, 0.25) is 11.7 Å². The average molecular weight is 570 g/mol. The van der Waals surface area contributed by atoms with Crippen LogP contribution in [0.25, 0.3) is 6.08 Å². The van der Waals surface area contributed by atoms with Gasteiger partial charge in [-0.3, -0.25) is 14.4 Å². The molecule has 3 aliphatic rings. The molecule has 1 aliphatic heterocycles. The summed E-state index contributed by atoms with van der Waals surface area (Å²) in [5.74, 6) is -0.0620. The number of nitrogens with one attached hydrogen (secondary N) is 2. The number of carbonyl (C=O) groups excluding carboxylic acids is 3. The van der Waals surface area contributed by atoms with Crippen LogP contribution in [0.2, 0.25) is 0 Å². The third kappa shape index (κ3) is 6.10. The Balaban J connectivity index is 1.17. The van der Waals surface area contributed by atoms with Crippen LogP contribution in [0.4, 0.5) is 0 Å². The molecule has 1 saturated heterocycles. The summed E-state index contributed by atoms with van der Waals surface area (Å²) >= 11 is 0. The van der Waals surface area contributed by atoms with E-state index >= 15 is 0 Å². The van der Waals surface area contributed by atoms with Crippen molar-refractivity contribution < 1.29 is 18.9 Å². The molecule has 2 amide bonds. The summed E-state index contributed by atoms with van der Waals surface area (Å²) in [5, 5.41) is 6.54. The van der Waals surface area contributed by atoms with Gasteiger partial charge in [0.05, 0.1) is 18.2 Å². The van der Waals surface area contributed by atoms with Gasteiger partial charge in [-0.2, -0.15) is 0 Å². The van der Waals surface area contributed by atoms with Gasteiger partial charge in [-0.15, -0.1) is 0 Å². The van der Waals surface area contributed by atoms with E-state index in [2.05, 4.69) is 56.9 Å². The van der Waals surface area contributed by atoms with Gasteiger partial charge in [-0.25, -0.2) is 4.98 Å². The molecule has 9 heteroatoms. The summed E-state index contributed by atoms with van der Waals surface area (Å²) in [4.78, 5) is 50.2. The Hall–Kier alpha value is -4.01. The number of piperidine rings is 1. The molecular formula is C33H39N5O4. The van der Waals surface area contributed by atoms with E-state index < -0.39 is 17.9 Å². The van der Waals surface area contributed by atoms with Crippen molar-refractivity contribution in [2.24, 2.45) is 11.8 Å². The Labute approximate surface area is 246 Å². The molecule has 2 aromatic heterocycles. The highest BCUT2D eigenvalue weighted by atomic mass is 16.5. The first-order valence-electron chi connectivity index (χ1n) is 15.3. The van der Waals surface area contributed by atoms with Crippen LogP contribution >= 0.6 is 0 Å². The average Bonchev–Trinajstić information content (AvgIpc) is 3.80. The summed E-state index contributed by atoms with van der Waals surface area (Å²) in [6, 6.07) is 9.29. The first-order valence-corrected chi connectivity index (χ1v) is 15.3. The number of aromatic amines is 1. The van der Waals surface area contributed by atoms with Gasteiger partial charge in [-0.05, 0) is 36.3 Å². The van der Waals surface area contributed by atoms with Gasteiger partial charge in [0.25, 0.3) is 5.91 Å². The molecule has 3 heterocycles. The Morgan fingerprint density at radius 1 is 1.07 bits per heavy atom. The molecule has 1 spiro atoms. The number of imidazole rings is 1. The van der Waals surface area contributed by atoms with Gasteiger partial charge in [0.1, 0.15) is 5.82 Å². The van der Waals surface area contributed by atoms with Gasteiger partial charge in [-0.1, -0.05) is 73.7 Å². The van der Waals surface area contributed by atoms with Crippen molar-refractivity contribution in [2.45, 2.75) is 75.7 Å². The standard InChI is InChI=1S/C33H39N5O4/c39-28(27(20-23-6-2-1-3-7-23)37-31(40)29-11-15-36-42-29)21-25(22-30-34-16-17-35-30)32(41)38-18-13-33(14-19-38)12-10-24-8-4-5-9-26(24)33/h4-5,8-12,15-17,23,25,27H,1-3,6-7,13-14,18-22H2,(H,34,35)(H,37,40)/t25-,27-/m0/s1. The van der Waals surface area contributed by atoms with Crippen LogP contribution in [0.3, 0.4) is 0 Å². The predicted octanol–water partition coefficient (Wildman–Crippen LogP) is 4.87. The van der Waals surface area contributed by atoms with E-state index in [-0.39, 0.29) is 29.3 Å². The molecule has 9 nitrogen and oxygen atoms in total. The van der Waals surface area contributed by atoms with Crippen LogP contribution in [0.5, 0.6) is 0 Å². The van der Waals surface area contributed by atoms with Gasteiger partial charge in [0.15, 0.2) is 5.78 Å². The van der Waals surface area contributed by atoms with E-state index in [4.69, 9.17) is 4.52 Å². The first kappa shape index (κ1) is 28.1. The van der Waals surface area contributed by atoms with Gasteiger partial charge < -0.3 is 19.7 Å². The molecule has 2 atom stereocenters. The highest BCUT2D eigenvalue weighted by Crippen LogP contribution is 2.44. The fourth-order valence-corrected chi connectivity index (χ4v) is 7.12. The van der Waals surface area contributed by atoms with Crippen LogP contribution in [0.15, 0.2) is 59.5 Å². The number of aromatic nitrogens is 3. The monoisotopic (exact) mass is 569 g/mol. The topological polar surface area (TPSA) is 121 Å². The minimum atomic E-state index is -0.692. The number of ketones is 1. The number of rotatable bonds is 10. The van der Waals surface area contributed by atoms with E-state index in [1.165, 1.54) is 29.8 Å². The summed E-state index contributed by atoms with van der Waals surface area (Å²) in [7, 11) is 0. The third-order valence-electron chi connectivity index (χ3n) is 9.49. The van der Waals surface area contributed by atoms with E-state index in [0.29, 0.717) is 37.7 Å². The minimum absolute atomic E-state index is 0.0251. The Kier molecular flexibility index (Phi) is 8.35. The Morgan fingerprint density at radius 3 is 2.62 bits per heavy atom. The number of carbonyl (C=O) groups is 3. The molecule has 1 saturated carbocycles. The van der Waals surface area contributed by atoms with Crippen molar-refractivity contribution >= 4 is 23.7 Å². The van der Waals surface area contributed by atoms with Crippen LogP contribution < -0.4 is 5.32 Å². The molecule has 0 radical (unpaired) electrons. The Morgan fingerprint density at radius 2 is 1.88 bits per heavy atom.